The molecule has 4 aromatic rings. The number of carbonyl (C=O) groups excluding carboxylic acids is 1. The minimum absolute atomic E-state index is 0.0363. The number of anilines is 1. The molecule has 2 aromatic carbocycles. The minimum Gasteiger partial charge on any atom is -0.368 e. The van der Waals surface area contributed by atoms with E-state index in [9.17, 15) is 9.59 Å². The van der Waals surface area contributed by atoms with E-state index in [-0.39, 0.29) is 11.5 Å². The van der Waals surface area contributed by atoms with E-state index in [0.717, 1.165) is 29.4 Å². The van der Waals surface area contributed by atoms with E-state index in [1.165, 1.54) is 10.4 Å². The summed E-state index contributed by atoms with van der Waals surface area (Å²) in [6.45, 7) is 4.80. The molecule has 7 heteroatoms. The average molecular weight is 415 g/mol. The number of hydrogen-bond acceptors (Lipinski definition) is 4. The lowest BCUT2D eigenvalue weighted by Gasteiger charge is -2.37. The van der Waals surface area contributed by atoms with Gasteiger partial charge in [0.2, 0.25) is 5.91 Å². The van der Waals surface area contributed by atoms with Gasteiger partial charge in [-0.25, -0.2) is 4.68 Å². The first-order valence-corrected chi connectivity index (χ1v) is 10.6. The third-order valence-electron chi connectivity index (χ3n) is 6.26. The number of para-hydroxylation sites is 2. The number of nitrogens with zero attached hydrogens (tertiary/aromatic N) is 5. The summed E-state index contributed by atoms with van der Waals surface area (Å²) in [6.07, 6.45) is 1.71. The standard InChI is InChI=1S/C24H25N5O2/c1-17(23(30)28-14-12-27(13-15-28)18-8-4-3-5-9-18)29-21-11-7-6-10-19(21)20-16-25-26(2)24(31)22(20)29/h3-11,16-17H,12-15H2,1-2H3. The van der Waals surface area contributed by atoms with Crippen LogP contribution in [0.15, 0.2) is 65.6 Å². The summed E-state index contributed by atoms with van der Waals surface area (Å²) >= 11 is 0. The third kappa shape index (κ3) is 3.17. The Morgan fingerprint density at radius 3 is 2.35 bits per heavy atom. The Morgan fingerprint density at radius 2 is 1.61 bits per heavy atom. The number of fused-ring (bicyclic) bond motifs is 3. The summed E-state index contributed by atoms with van der Waals surface area (Å²) in [7, 11) is 1.64. The maximum Gasteiger partial charge on any atom is 0.291 e. The summed E-state index contributed by atoms with van der Waals surface area (Å²) in [4.78, 5) is 30.7. The zero-order valence-corrected chi connectivity index (χ0v) is 17.7. The number of amides is 1. The highest BCUT2D eigenvalue weighted by molar-refractivity contribution is 6.08. The monoisotopic (exact) mass is 415 g/mol. The van der Waals surface area contributed by atoms with Gasteiger partial charge in [0.15, 0.2) is 0 Å². The molecule has 1 unspecified atom stereocenters. The lowest BCUT2D eigenvalue weighted by atomic mass is 10.2. The van der Waals surface area contributed by atoms with Gasteiger partial charge in [0.25, 0.3) is 5.56 Å². The Balaban J connectivity index is 1.48. The molecule has 1 aliphatic rings. The molecular weight excluding hydrogens is 390 g/mol. The van der Waals surface area contributed by atoms with E-state index in [4.69, 9.17) is 0 Å². The highest BCUT2D eigenvalue weighted by Gasteiger charge is 2.29. The molecule has 2 aromatic heterocycles. The number of aromatic nitrogens is 3. The van der Waals surface area contributed by atoms with Crippen molar-refractivity contribution < 1.29 is 4.79 Å². The van der Waals surface area contributed by atoms with Gasteiger partial charge in [0.05, 0.1) is 11.7 Å². The predicted molar refractivity (Wildman–Crippen MR) is 122 cm³/mol. The third-order valence-corrected chi connectivity index (χ3v) is 6.26. The molecule has 0 aliphatic carbocycles. The SMILES string of the molecule is CC(C(=O)N1CCN(c2ccccc2)CC1)n1c2ccccc2c2cnn(C)c(=O)c21. The molecule has 5 rings (SSSR count). The maximum absolute atomic E-state index is 13.5. The van der Waals surface area contributed by atoms with Crippen LogP contribution in [0.2, 0.25) is 0 Å². The fourth-order valence-corrected chi connectivity index (χ4v) is 4.59. The van der Waals surface area contributed by atoms with E-state index < -0.39 is 6.04 Å². The Kier molecular flexibility index (Phi) is 4.73. The zero-order chi connectivity index (χ0) is 21.5. The number of carbonyl (C=O) groups is 1. The Labute approximate surface area is 180 Å². The molecule has 0 saturated carbocycles. The van der Waals surface area contributed by atoms with E-state index in [2.05, 4.69) is 22.1 Å². The summed E-state index contributed by atoms with van der Waals surface area (Å²) in [5.74, 6) is 0.0363. The van der Waals surface area contributed by atoms with Gasteiger partial charge in [0, 0.05) is 49.7 Å². The largest absolute Gasteiger partial charge is 0.368 e. The normalized spacial score (nSPS) is 15.5. The Morgan fingerprint density at radius 1 is 0.935 bits per heavy atom. The predicted octanol–water partition coefficient (Wildman–Crippen LogP) is 2.80. The van der Waals surface area contributed by atoms with E-state index >= 15 is 0 Å². The van der Waals surface area contributed by atoms with Crippen molar-refractivity contribution in [2.24, 2.45) is 7.05 Å². The van der Waals surface area contributed by atoms with E-state index in [0.29, 0.717) is 18.6 Å². The number of benzene rings is 2. The first-order chi connectivity index (χ1) is 15.1. The molecule has 7 nitrogen and oxygen atoms in total. The molecule has 1 atom stereocenters. The van der Waals surface area contributed by atoms with Crippen LogP contribution in [0.4, 0.5) is 5.69 Å². The van der Waals surface area contributed by atoms with Gasteiger partial charge >= 0.3 is 0 Å². The van der Waals surface area contributed by atoms with Crippen LogP contribution < -0.4 is 10.5 Å². The van der Waals surface area contributed by atoms with Crippen LogP contribution in [0.25, 0.3) is 21.8 Å². The summed E-state index contributed by atoms with van der Waals surface area (Å²) in [6, 6.07) is 17.6. The van der Waals surface area contributed by atoms with Crippen LogP contribution in [0.3, 0.4) is 0 Å². The van der Waals surface area contributed by atoms with Crippen molar-refractivity contribution >= 4 is 33.4 Å². The highest BCUT2D eigenvalue weighted by Crippen LogP contribution is 2.30. The molecule has 158 valence electrons. The Hall–Kier alpha value is -3.61. The Bertz CT molecular complexity index is 1320. The van der Waals surface area contributed by atoms with Crippen molar-refractivity contribution in [3.63, 3.8) is 0 Å². The molecule has 1 aliphatic heterocycles. The quantitative estimate of drug-likeness (QED) is 0.516. The smallest absolute Gasteiger partial charge is 0.291 e. The molecule has 0 bridgehead atoms. The summed E-state index contributed by atoms with van der Waals surface area (Å²) in [5.41, 5.74) is 2.40. The van der Waals surface area contributed by atoms with Crippen molar-refractivity contribution in [2.45, 2.75) is 13.0 Å². The molecule has 1 saturated heterocycles. The van der Waals surface area contributed by atoms with Crippen LogP contribution in [0, 0.1) is 0 Å². The topological polar surface area (TPSA) is 63.4 Å². The van der Waals surface area contributed by atoms with Gasteiger partial charge in [-0.3, -0.25) is 9.59 Å². The first-order valence-electron chi connectivity index (χ1n) is 10.6. The van der Waals surface area contributed by atoms with Gasteiger partial charge in [-0.15, -0.1) is 0 Å². The van der Waals surface area contributed by atoms with Crippen LogP contribution in [0.1, 0.15) is 13.0 Å². The average Bonchev–Trinajstić information content (AvgIpc) is 3.16. The van der Waals surface area contributed by atoms with Crippen molar-refractivity contribution in [1.29, 1.82) is 0 Å². The van der Waals surface area contributed by atoms with Gasteiger partial charge in [0.1, 0.15) is 11.6 Å². The van der Waals surface area contributed by atoms with E-state index in [1.807, 2.05) is 58.9 Å². The molecule has 1 fully saturated rings. The molecule has 1 amide bonds. The fourth-order valence-electron chi connectivity index (χ4n) is 4.59. The van der Waals surface area contributed by atoms with Crippen molar-refractivity contribution in [2.75, 3.05) is 31.1 Å². The van der Waals surface area contributed by atoms with Crippen molar-refractivity contribution in [3.05, 3.63) is 71.1 Å². The number of piperazine rings is 1. The van der Waals surface area contributed by atoms with Gasteiger partial charge < -0.3 is 14.4 Å². The number of rotatable bonds is 3. The second-order valence-corrected chi connectivity index (χ2v) is 8.05. The van der Waals surface area contributed by atoms with Crippen LogP contribution in [-0.2, 0) is 11.8 Å². The molecular formula is C24H25N5O2. The van der Waals surface area contributed by atoms with Gasteiger partial charge in [-0.1, -0.05) is 36.4 Å². The fraction of sp³-hybridized carbons (Fsp3) is 0.292. The van der Waals surface area contributed by atoms with Gasteiger partial charge in [-0.05, 0) is 25.1 Å². The van der Waals surface area contributed by atoms with Crippen molar-refractivity contribution in [3.8, 4) is 0 Å². The van der Waals surface area contributed by atoms with Crippen LogP contribution in [-0.4, -0.2) is 51.3 Å². The zero-order valence-electron chi connectivity index (χ0n) is 17.7. The molecule has 0 radical (unpaired) electrons. The molecule has 0 N–H and O–H groups in total. The molecule has 31 heavy (non-hydrogen) atoms. The number of aryl methyl sites for hydroxylation is 1. The first kappa shape index (κ1) is 19.4. The lowest BCUT2D eigenvalue weighted by molar-refractivity contribution is -0.134. The number of hydrogen-bond donors (Lipinski definition) is 0. The molecule has 3 heterocycles. The van der Waals surface area contributed by atoms with E-state index in [1.54, 1.807) is 13.2 Å². The van der Waals surface area contributed by atoms with Crippen molar-refractivity contribution in [1.82, 2.24) is 19.2 Å². The second kappa shape index (κ2) is 7.58. The van der Waals surface area contributed by atoms with Gasteiger partial charge in [-0.2, -0.15) is 5.10 Å². The lowest BCUT2D eigenvalue weighted by Crippen LogP contribution is -2.50. The minimum atomic E-state index is -0.485. The summed E-state index contributed by atoms with van der Waals surface area (Å²) in [5, 5.41) is 5.92. The summed E-state index contributed by atoms with van der Waals surface area (Å²) < 4.78 is 3.22. The highest BCUT2D eigenvalue weighted by atomic mass is 16.2. The second-order valence-electron chi connectivity index (χ2n) is 8.05. The van der Waals surface area contributed by atoms with Crippen LogP contribution in [0.5, 0.6) is 0 Å². The maximum atomic E-state index is 13.5. The van der Waals surface area contributed by atoms with Crippen LogP contribution >= 0.6 is 0 Å². The molecule has 0 spiro atoms.